The Kier molecular flexibility index (Phi) is 11.6. The number of hydrogen-bond donors (Lipinski definition) is 1. The average molecular weight is 463 g/mol. The number of halogens is 1. The van der Waals surface area contributed by atoms with Crippen molar-refractivity contribution in [3.63, 3.8) is 0 Å². The molecule has 1 atom stereocenters. The second-order valence-electron chi connectivity index (χ2n) is 5.80. The number of benzene rings is 1. The zero-order valence-electron chi connectivity index (χ0n) is 15.1. The van der Waals surface area contributed by atoms with E-state index in [9.17, 15) is 0 Å². The summed E-state index contributed by atoms with van der Waals surface area (Å²) in [6, 6.07) is 9.85. The van der Waals surface area contributed by atoms with Crippen LogP contribution in [-0.4, -0.2) is 71.1 Å². The fourth-order valence-corrected chi connectivity index (χ4v) is 2.73. The zero-order valence-corrected chi connectivity index (χ0v) is 17.5. The summed E-state index contributed by atoms with van der Waals surface area (Å²) in [5, 5.41) is 3.37. The van der Waals surface area contributed by atoms with Gasteiger partial charge >= 0.3 is 0 Å². The maximum Gasteiger partial charge on any atom is 0.193 e. The molecule has 1 heterocycles. The number of hydrogen-bond acceptors (Lipinski definition) is 4. The van der Waals surface area contributed by atoms with Gasteiger partial charge in [0.1, 0.15) is 12.4 Å². The lowest BCUT2D eigenvalue weighted by Crippen LogP contribution is -2.41. The third kappa shape index (κ3) is 8.24. The zero-order chi connectivity index (χ0) is 17.0. The number of aliphatic imine (C=N–C) groups is 1. The second-order valence-corrected chi connectivity index (χ2v) is 5.80. The van der Waals surface area contributed by atoms with E-state index in [4.69, 9.17) is 14.2 Å². The van der Waals surface area contributed by atoms with Crippen LogP contribution < -0.4 is 10.1 Å². The molecule has 142 valence electrons. The minimum atomic E-state index is 0. The number of ether oxygens (including phenoxy) is 3. The largest absolute Gasteiger partial charge is 0.492 e. The molecular formula is C18H30IN3O3. The first kappa shape index (κ1) is 22.0. The van der Waals surface area contributed by atoms with Gasteiger partial charge in [0.15, 0.2) is 5.96 Å². The van der Waals surface area contributed by atoms with E-state index in [1.165, 1.54) is 0 Å². The third-order valence-corrected chi connectivity index (χ3v) is 3.98. The van der Waals surface area contributed by atoms with Crippen LogP contribution in [0.5, 0.6) is 5.75 Å². The van der Waals surface area contributed by atoms with Crippen LogP contribution in [0.25, 0.3) is 0 Å². The van der Waals surface area contributed by atoms with E-state index in [0.29, 0.717) is 25.7 Å². The molecule has 1 aromatic rings. The van der Waals surface area contributed by atoms with Crippen molar-refractivity contribution in [1.29, 1.82) is 0 Å². The van der Waals surface area contributed by atoms with Crippen molar-refractivity contribution in [1.82, 2.24) is 10.2 Å². The fourth-order valence-electron chi connectivity index (χ4n) is 2.73. The minimum Gasteiger partial charge on any atom is -0.492 e. The van der Waals surface area contributed by atoms with E-state index < -0.39 is 0 Å². The Labute approximate surface area is 167 Å². The predicted molar refractivity (Wildman–Crippen MR) is 111 cm³/mol. The fraction of sp³-hybridized carbons (Fsp3) is 0.611. The van der Waals surface area contributed by atoms with Crippen LogP contribution in [0.1, 0.15) is 6.42 Å². The normalized spacial score (nSPS) is 17.3. The first-order valence-corrected chi connectivity index (χ1v) is 8.53. The van der Waals surface area contributed by atoms with Gasteiger partial charge in [0.2, 0.25) is 0 Å². The summed E-state index contributed by atoms with van der Waals surface area (Å²) in [5.74, 6) is 2.38. The van der Waals surface area contributed by atoms with E-state index in [-0.39, 0.29) is 24.0 Å². The van der Waals surface area contributed by atoms with Gasteiger partial charge in [-0.15, -0.1) is 24.0 Å². The summed E-state index contributed by atoms with van der Waals surface area (Å²) in [5.41, 5.74) is 0. The van der Waals surface area contributed by atoms with Gasteiger partial charge in [-0.25, -0.2) is 0 Å². The third-order valence-electron chi connectivity index (χ3n) is 3.98. The average Bonchev–Trinajstić information content (AvgIpc) is 3.08. The molecule has 0 aromatic heterocycles. The summed E-state index contributed by atoms with van der Waals surface area (Å²) >= 11 is 0. The summed E-state index contributed by atoms with van der Waals surface area (Å²) in [6.45, 7) is 5.43. The Balaban J connectivity index is 0.00000312. The van der Waals surface area contributed by atoms with E-state index in [1.54, 1.807) is 7.11 Å². The number of guanidine groups is 1. The highest BCUT2D eigenvalue weighted by Gasteiger charge is 2.24. The number of likely N-dealkylation sites (tertiary alicyclic amines) is 1. The smallest absolute Gasteiger partial charge is 0.193 e. The second kappa shape index (κ2) is 13.2. The standard InChI is InChI=1S/C18H29N3O3.HI/c1-19-18(20-9-11-24-17-6-4-3-5-7-17)21-10-8-16(14-21)15-23-13-12-22-2;/h3-7,16H,8-15H2,1-2H3,(H,19,20);1H. The summed E-state index contributed by atoms with van der Waals surface area (Å²) in [6.07, 6.45) is 1.13. The Hall–Kier alpha value is -1.06. The SMILES string of the molecule is CN=C(NCCOc1ccccc1)N1CCC(COCCOC)C1.I. The predicted octanol–water partition coefficient (Wildman–Crippen LogP) is 2.24. The van der Waals surface area contributed by atoms with Crippen molar-refractivity contribution in [2.45, 2.75) is 6.42 Å². The molecule has 0 amide bonds. The molecule has 0 spiro atoms. The lowest BCUT2D eigenvalue weighted by atomic mass is 10.1. The van der Waals surface area contributed by atoms with Crippen molar-refractivity contribution in [3.8, 4) is 5.75 Å². The van der Waals surface area contributed by atoms with Crippen LogP contribution in [-0.2, 0) is 9.47 Å². The molecule has 6 nitrogen and oxygen atoms in total. The minimum absolute atomic E-state index is 0. The first-order chi connectivity index (χ1) is 11.8. The molecule has 1 fully saturated rings. The monoisotopic (exact) mass is 463 g/mol. The maximum absolute atomic E-state index is 5.69. The van der Waals surface area contributed by atoms with Crippen molar-refractivity contribution in [3.05, 3.63) is 30.3 Å². The van der Waals surface area contributed by atoms with Gasteiger partial charge in [-0.3, -0.25) is 4.99 Å². The topological polar surface area (TPSA) is 55.3 Å². The van der Waals surface area contributed by atoms with E-state index in [0.717, 1.165) is 44.4 Å². The first-order valence-electron chi connectivity index (χ1n) is 8.53. The molecule has 1 aliphatic heterocycles. The molecular weight excluding hydrogens is 433 g/mol. The molecule has 1 aromatic carbocycles. The number of nitrogens with one attached hydrogen (secondary N) is 1. The molecule has 0 aliphatic carbocycles. The lowest BCUT2D eigenvalue weighted by molar-refractivity contribution is 0.0536. The molecule has 7 heteroatoms. The highest BCUT2D eigenvalue weighted by atomic mass is 127. The number of para-hydroxylation sites is 1. The Bertz CT molecular complexity index is 488. The van der Waals surface area contributed by atoms with Gasteiger partial charge < -0.3 is 24.4 Å². The molecule has 0 radical (unpaired) electrons. The van der Waals surface area contributed by atoms with Crippen LogP contribution in [0.4, 0.5) is 0 Å². The Morgan fingerprint density at radius 2 is 2.04 bits per heavy atom. The van der Waals surface area contributed by atoms with Gasteiger partial charge in [-0.05, 0) is 18.6 Å². The number of nitrogens with zero attached hydrogens (tertiary/aromatic N) is 2. The highest BCUT2D eigenvalue weighted by molar-refractivity contribution is 14.0. The molecule has 0 saturated carbocycles. The van der Waals surface area contributed by atoms with Gasteiger partial charge in [0, 0.05) is 33.2 Å². The molecule has 2 rings (SSSR count). The van der Waals surface area contributed by atoms with Crippen LogP contribution in [0.15, 0.2) is 35.3 Å². The summed E-state index contributed by atoms with van der Waals surface area (Å²) in [7, 11) is 3.51. The Morgan fingerprint density at radius 3 is 2.76 bits per heavy atom. The van der Waals surface area contributed by atoms with E-state index in [1.807, 2.05) is 37.4 Å². The summed E-state index contributed by atoms with van der Waals surface area (Å²) < 4.78 is 16.3. The van der Waals surface area contributed by atoms with Gasteiger partial charge in [-0.1, -0.05) is 18.2 Å². The van der Waals surface area contributed by atoms with Crippen molar-refractivity contribution >= 4 is 29.9 Å². The van der Waals surface area contributed by atoms with Crippen LogP contribution >= 0.6 is 24.0 Å². The van der Waals surface area contributed by atoms with Gasteiger partial charge in [-0.2, -0.15) is 0 Å². The van der Waals surface area contributed by atoms with Gasteiger partial charge in [0.25, 0.3) is 0 Å². The molecule has 0 bridgehead atoms. The van der Waals surface area contributed by atoms with Crippen LogP contribution in [0, 0.1) is 5.92 Å². The highest BCUT2D eigenvalue weighted by Crippen LogP contribution is 2.16. The summed E-state index contributed by atoms with van der Waals surface area (Å²) in [4.78, 5) is 6.66. The van der Waals surface area contributed by atoms with Crippen molar-refractivity contribution < 1.29 is 14.2 Å². The van der Waals surface area contributed by atoms with E-state index >= 15 is 0 Å². The van der Waals surface area contributed by atoms with Crippen LogP contribution in [0.2, 0.25) is 0 Å². The number of methoxy groups -OCH3 is 1. The van der Waals surface area contributed by atoms with Crippen LogP contribution in [0.3, 0.4) is 0 Å². The molecule has 25 heavy (non-hydrogen) atoms. The van der Waals surface area contributed by atoms with Gasteiger partial charge in [0.05, 0.1) is 26.4 Å². The molecule has 1 unspecified atom stereocenters. The van der Waals surface area contributed by atoms with Crippen molar-refractivity contribution in [2.24, 2.45) is 10.9 Å². The molecule has 1 saturated heterocycles. The molecule has 1 aliphatic rings. The Morgan fingerprint density at radius 1 is 1.24 bits per heavy atom. The maximum atomic E-state index is 5.69. The quantitative estimate of drug-likeness (QED) is 0.264. The molecule has 1 N–H and O–H groups in total. The van der Waals surface area contributed by atoms with Crippen molar-refractivity contribution in [2.75, 3.05) is 60.2 Å². The lowest BCUT2D eigenvalue weighted by Gasteiger charge is -2.21. The number of rotatable bonds is 9. The van der Waals surface area contributed by atoms with E-state index in [2.05, 4.69) is 15.2 Å².